The van der Waals surface area contributed by atoms with Gasteiger partial charge in [-0.25, -0.2) is 0 Å². The molecule has 0 spiro atoms. The molecule has 0 saturated carbocycles. The molecular weight excluding hydrogens is 382 g/mol. The van der Waals surface area contributed by atoms with Gasteiger partial charge in [0.1, 0.15) is 0 Å². The van der Waals surface area contributed by atoms with Crippen molar-refractivity contribution in [3.63, 3.8) is 0 Å². The molecule has 0 fully saturated rings. The molecule has 4 heteroatoms. The second kappa shape index (κ2) is 14.4. The second-order valence-electron chi connectivity index (χ2n) is 8.38. The number of carbonyl (C=O) groups is 1. The normalized spacial score (nSPS) is 11.1. The molecule has 0 aromatic heterocycles. The number of amides is 1. The van der Waals surface area contributed by atoms with E-state index in [4.69, 9.17) is 0 Å². The number of unbranched alkanes of at least 4 members (excludes halogenated alkanes) is 8. The third kappa shape index (κ3) is 9.82. The molecule has 0 bridgehead atoms. The molecule has 0 atom stereocenters. The maximum absolute atomic E-state index is 12.3. The third-order valence-corrected chi connectivity index (χ3v) is 5.47. The van der Waals surface area contributed by atoms with E-state index in [1.54, 1.807) is 0 Å². The highest BCUT2D eigenvalue weighted by molar-refractivity contribution is 5.94. The van der Waals surface area contributed by atoms with Crippen LogP contribution in [0.25, 0.3) is 0 Å². The Morgan fingerprint density at radius 3 is 2.00 bits per heavy atom. The minimum atomic E-state index is -0.00521. The van der Waals surface area contributed by atoms with Gasteiger partial charge in [0.25, 0.3) is 5.91 Å². The van der Waals surface area contributed by atoms with Gasteiger partial charge in [0.2, 0.25) is 0 Å². The summed E-state index contributed by atoms with van der Waals surface area (Å²) < 4.78 is 0. The molecule has 31 heavy (non-hydrogen) atoms. The average molecular weight is 422 g/mol. The summed E-state index contributed by atoms with van der Waals surface area (Å²) in [4.78, 5) is 18.9. The summed E-state index contributed by atoms with van der Waals surface area (Å²) >= 11 is 0. The summed E-state index contributed by atoms with van der Waals surface area (Å²) in [6, 6.07) is 15.7. The van der Waals surface area contributed by atoms with E-state index in [-0.39, 0.29) is 5.91 Å². The minimum absolute atomic E-state index is 0.00521. The van der Waals surface area contributed by atoms with Gasteiger partial charge in [-0.05, 0) is 48.4 Å². The zero-order chi connectivity index (χ0) is 22.3. The van der Waals surface area contributed by atoms with Gasteiger partial charge in [-0.15, -0.1) is 0 Å². The lowest BCUT2D eigenvalue weighted by Crippen LogP contribution is -2.24. The molecule has 2 aromatic carbocycles. The first kappa shape index (κ1) is 24.6. The van der Waals surface area contributed by atoms with Crippen LogP contribution in [0.4, 0.5) is 11.4 Å². The van der Waals surface area contributed by atoms with Crippen LogP contribution in [-0.2, 0) is 0 Å². The maximum Gasteiger partial charge on any atom is 0.251 e. The van der Waals surface area contributed by atoms with Crippen molar-refractivity contribution in [2.45, 2.75) is 64.7 Å². The Kier molecular flexibility index (Phi) is 11.4. The summed E-state index contributed by atoms with van der Waals surface area (Å²) in [6.45, 7) is 3.00. The van der Waals surface area contributed by atoms with Gasteiger partial charge >= 0.3 is 0 Å². The van der Waals surface area contributed by atoms with Gasteiger partial charge in [-0.3, -0.25) is 9.79 Å². The lowest BCUT2D eigenvalue weighted by atomic mass is 10.1. The highest BCUT2D eigenvalue weighted by atomic mass is 16.1. The van der Waals surface area contributed by atoms with Crippen molar-refractivity contribution in [3.05, 3.63) is 59.7 Å². The van der Waals surface area contributed by atoms with E-state index in [0.717, 1.165) is 29.9 Å². The minimum Gasteiger partial charge on any atom is -0.378 e. The van der Waals surface area contributed by atoms with Crippen molar-refractivity contribution >= 4 is 23.5 Å². The number of nitrogens with one attached hydrogen (secondary N) is 1. The van der Waals surface area contributed by atoms with Gasteiger partial charge < -0.3 is 10.2 Å². The van der Waals surface area contributed by atoms with Crippen molar-refractivity contribution in [3.8, 4) is 0 Å². The fourth-order valence-electron chi connectivity index (χ4n) is 3.45. The van der Waals surface area contributed by atoms with E-state index in [2.05, 4.69) is 34.3 Å². The number of anilines is 1. The number of aliphatic imine (C=N–C) groups is 1. The first-order chi connectivity index (χ1) is 15.1. The molecule has 4 nitrogen and oxygen atoms in total. The Morgan fingerprint density at radius 1 is 0.839 bits per heavy atom. The molecular formula is C27H39N3O. The zero-order valence-corrected chi connectivity index (χ0v) is 19.6. The quantitative estimate of drug-likeness (QED) is 0.270. The summed E-state index contributed by atoms with van der Waals surface area (Å²) in [6.07, 6.45) is 13.4. The lowest BCUT2D eigenvalue weighted by Gasteiger charge is -2.11. The molecule has 1 N–H and O–H groups in total. The van der Waals surface area contributed by atoms with Gasteiger partial charge in [0, 0.05) is 38.1 Å². The summed E-state index contributed by atoms with van der Waals surface area (Å²) in [5.41, 5.74) is 3.74. The van der Waals surface area contributed by atoms with Gasteiger partial charge in [-0.2, -0.15) is 0 Å². The first-order valence-electron chi connectivity index (χ1n) is 11.8. The molecule has 1 amide bonds. The van der Waals surface area contributed by atoms with E-state index in [1.165, 1.54) is 51.4 Å². The number of nitrogens with zero attached hydrogens (tertiary/aromatic N) is 2. The standard InChI is InChI=1S/C27H39N3O/c1-4-5-6-7-8-9-10-11-12-21-28-27(31)24-15-17-25(18-16-24)29-22-23-13-19-26(20-14-23)30(2)3/h13-20,22H,4-12,21H2,1-3H3,(H,28,31). The number of rotatable bonds is 14. The molecule has 168 valence electrons. The predicted molar refractivity (Wildman–Crippen MR) is 134 cm³/mol. The van der Waals surface area contributed by atoms with Crippen LogP contribution in [0.3, 0.4) is 0 Å². The molecule has 0 radical (unpaired) electrons. The summed E-state index contributed by atoms with van der Waals surface area (Å²) in [5.74, 6) is -0.00521. The molecule has 2 rings (SSSR count). The van der Waals surface area contributed by atoms with Gasteiger partial charge in [0.05, 0.1) is 5.69 Å². The summed E-state index contributed by atoms with van der Waals surface area (Å²) in [5, 5.41) is 3.03. The molecule has 0 aliphatic carbocycles. The average Bonchev–Trinajstić information content (AvgIpc) is 2.79. The van der Waals surface area contributed by atoms with Crippen molar-refractivity contribution in [2.24, 2.45) is 4.99 Å². The van der Waals surface area contributed by atoms with Crippen LogP contribution in [0.2, 0.25) is 0 Å². The zero-order valence-electron chi connectivity index (χ0n) is 19.6. The van der Waals surface area contributed by atoms with Crippen molar-refractivity contribution in [1.29, 1.82) is 0 Å². The Hall–Kier alpha value is -2.62. The maximum atomic E-state index is 12.3. The molecule has 0 aliphatic rings. The monoisotopic (exact) mass is 421 g/mol. The van der Waals surface area contributed by atoms with Crippen LogP contribution in [0.1, 0.15) is 80.6 Å². The largest absolute Gasteiger partial charge is 0.378 e. The molecule has 0 saturated heterocycles. The second-order valence-corrected chi connectivity index (χ2v) is 8.38. The van der Waals surface area contributed by atoms with Crippen LogP contribution < -0.4 is 10.2 Å². The topological polar surface area (TPSA) is 44.7 Å². The van der Waals surface area contributed by atoms with Crippen molar-refractivity contribution < 1.29 is 4.79 Å². The fourth-order valence-corrected chi connectivity index (χ4v) is 3.45. The van der Waals surface area contributed by atoms with Gasteiger partial charge in [0.15, 0.2) is 0 Å². The van der Waals surface area contributed by atoms with Crippen LogP contribution in [0.15, 0.2) is 53.5 Å². The van der Waals surface area contributed by atoms with Crippen LogP contribution in [0.5, 0.6) is 0 Å². The Labute approximate surface area is 188 Å². The summed E-state index contributed by atoms with van der Waals surface area (Å²) in [7, 11) is 4.05. The lowest BCUT2D eigenvalue weighted by molar-refractivity contribution is 0.0953. The first-order valence-corrected chi connectivity index (χ1v) is 11.8. The third-order valence-electron chi connectivity index (χ3n) is 5.47. The van der Waals surface area contributed by atoms with Crippen molar-refractivity contribution in [1.82, 2.24) is 5.32 Å². The van der Waals surface area contributed by atoms with E-state index in [0.29, 0.717) is 5.56 Å². The molecule has 0 heterocycles. The SMILES string of the molecule is CCCCCCCCCCCNC(=O)c1ccc(N=Cc2ccc(N(C)C)cc2)cc1. The fraction of sp³-hybridized carbons (Fsp3) is 0.481. The Balaban J connectivity index is 1.66. The smallest absolute Gasteiger partial charge is 0.251 e. The number of hydrogen-bond donors (Lipinski definition) is 1. The highest BCUT2D eigenvalue weighted by Crippen LogP contribution is 2.15. The van der Waals surface area contributed by atoms with E-state index >= 15 is 0 Å². The van der Waals surface area contributed by atoms with Gasteiger partial charge in [-0.1, -0.05) is 70.4 Å². The van der Waals surface area contributed by atoms with E-state index in [1.807, 2.05) is 56.7 Å². The van der Waals surface area contributed by atoms with Crippen molar-refractivity contribution in [2.75, 3.05) is 25.5 Å². The molecule has 2 aromatic rings. The van der Waals surface area contributed by atoms with E-state index in [9.17, 15) is 4.79 Å². The highest BCUT2D eigenvalue weighted by Gasteiger charge is 2.04. The number of hydrogen-bond acceptors (Lipinski definition) is 3. The predicted octanol–water partition coefficient (Wildman–Crippen LogP) is 6.76. The Bertz CT molecular complexity index is 779. The van der Waals surface area contributed by atoms with Crippen LogP contribution in [0, 0.1) is 0 Å². The molecule has 0 unspecified atom stereocenters. The number of carbonyl (C=O) groups excluding carboxylic acids is 1. The molecule has 0 aliphatic heterocycles. The van der Waals surface area contributed by atoms with Crippen LogP contribution in [-0.4, -0.2) is 32.8 Å². The van der Waals surface area contributed by atoms with E-state index < -0.39 is 0 Å². The number of benzene rings is 2. The Morgan fingerprint density at radius 2 is 1.42 bits per heavy atom. The van der Waals surface area contributed by atoms with Crippen LogP contribution >= 0.6 is 0 Å².